The first kappa shape index (κ1) is 25.7. The fraction of sp³-hybridized carbons (Fsp3) is 0.667. The average molecular weight is 451 g/mol. The maximum atomic E-state index is 5.87. The van der Waals surface area contributed by atoms with E-state index in [1.54, 1.807) is 0 Å². The van der Waals surface area contributed by atoms with Gasteiger partial charge in [-0.2, -0.15) is 0 Å². The molecule has 3 nitrogen and oxygen atoms in total. The van der Waals surface area contributed by atoms with Gasteiger partial charge in [0.1, 0.15) is 0 Å². The van der Waals surface area contributed by atoms with Crippen molar-refractivity contribution in [2.45, 2.75) is 116 Å². The van der Waals surface area contributed by atoms with E-state index in [0.717, 1.165) is 36.1 Å². The van der Waals surface area contributed by atoms with E-state index in [1.807, 2.05) is 12.4 Å². The average Bonchev–Trinajstić information content (AvgIpc) is 2.87. The quantitative estimate of drug-likeness (QED) is 0.239. The van der Waals surface area contributed by atoms with E-state index in [9.17, 15) is 0 Å². The van der Waals surface area contributed by atoms with Crippen LogP contribution in [0.15, 0.2) is 36.7 Å². The second kappa shape index (κ2) is 15.9. The van der Waals surface area contributed by atoms with Gasteiger partial charge in [-0.1, -0.05) is 115 Å². The van der Waals surface area contributed by atoms with Crippen LogP contribution in [0.25, 0.3) is 11.4 Å². The first-order valence-corrected chi connectivity index (χ1v) is 13.9. The Morgan fingerprint density at radius 2 is 1.42 bits per heavy atom. The second-order valence-electron chi connectivity index (χ2n) is 10.0. The summed E-state index contributed by atoms with van der Waals surface area (Å²) in [6.45, 7) is 3.05. The summed E-state index contributed by atoms with van der Waals surface area (Å²) >= 11 is 0. The molecular weight excluding hydrogens is 404 g/mol. The molecule has 3 heteroatoms. The van der Waals surface area contributed by atoms with Crippen molar-refractivity contribution in [1.82, 2.24) is 9.97 Å². The number of rotatable bonds is 16. The molecule has 33 heavy (non-hydrogen) atoms. The standard InChI is InChI=1S/C30H46N2O/c1-2-3-4-5-6-7-8-10-17-27-19-21-28(22-20-27)30-31-24-29(25-32-30)33-23-14-13-18-26-15-11-9-12-16-26/h19-22,24-26H,2-18,23H2,1H3. The van der Waals surface area contributed by atoms with Crippen LogP contribution in [0, 0.1) is 5.92 Å². The Labute approximate surface area is 202 Å². The van der Waals surface area contributed by atoms with Gasteiger partial charge in [-0.05, 0) is 37.2 Å². The van der Waals surface area contributed by atoms with E-state index in [1.165, 1.54) is 108 Å². The first-order chi connectivity index (χ1) is 16.3. The van der Waals surface area contributed by atoms with Gasteiger partial charge in [-0.3, -0.25) is 0 Å². The highest BCUT2D eigenvalue weighted by atomic mass is 16.5. The third kappa shape index (κ3) is 10.3. The fourth-order valence-electron chi connectivity index (χ4n) is 5.02. The summed E-state index contributed by atoms with van der Waals surface area (Å²) in [7, 11) is 0. The summed E-state index contributed by atoms with van der Waals surface area (Å²) < 4.78 is 5.87. The zero-order valence-electron chi connectivity index (χ0n) is 21.1. The summed E-state index contributed by atoms with van der Waals surface area (Å²) in [5, 5.41) is 0. The minimum atomic E-state index is 0.767. The molecule has 0 aliphatic heterocycles. The van der Waals surface area contributed by atoms with Gasteiger partial charge >= 0.3 is 0 Å². The second-order valence-corrected chi connectivity index (χ2v) is 10.0. The fourth-order valence-corrected chi connectivity index (χ4v) is 5.02. The topological polar surface area (TPSA) is 35.0 Å². The first-order valence-electron chi connectivity index (χ1n) is 13.9. The van der Waals surface area contributed by atoms with Gasteiger partial charge in [0.15, 0.2) is 11.6 Å². The summed E-state index contributed by atoms with van der Waals surface area (Å²) in [5.41, 5.74) is 2.49. The molecule has 0 spiro atoms. The van der Waals surface area contributed by atoms with E-state index in [2.05, 4.69) is 41.2 Å². The van der Waals surface area contributed by atoms with Gasteiger partial charge in [0, 0.05) is 5.56 Å². The molecule has 0 saturated heterocycles. The SMILES string of the molecule is CCCCCCCCCCc1ccc(-c2ncc(OCCCCC3CCCCC3)cn2)cc1. The van der Waals surface area contributed by atoms with Crippen molar-refractivity contribution in [3.63, 3.8) is 0 Å². The number of benzene rings is 1. The van der Waals surface area contributed by atoms with Crippen LogP contribution >= 0.6 is 0 Å². The summed E-state index contributed by atoms with van der Waals surface area (Å²) in [4.78, 5) is 9.06. The molecular formula is C30H46N2O. The maximum Gasteiger partial charge on any atom is 0.159 e. The lowest BCUT2D eigenvalue weighted by Gasteiger charge is -2.21. The minimum Gasteiger partial charge on any atom is -0.490 e. The van der Waals surface area contributed by atoms with Crippen LogP contribution in [0.5, 0.6) is 5.75 Å². The van der Waals surface area contributed by atoms with E-state index in [-0.39, 0.29) is 0 Å². The Hall–Kier alpha value is -1.90. The van der Waals surface area contributed by atoms with E-state index >= 15 is 0 Å². The van der Waals surface area contributed by atoms with Crippen LogP contribution in [0.1, 0.15) is 115 Å². The molecule has 1 aromatic heterocycles. The molecule has 1 heterocycles. The smallest absolute Gasteiger partial charge is 0.159 e. The molecule has 182 valence electrons. The van der Waals surface area contributed by atoms with Crippen LogP contribution in [0.3, 0.4) is 0 Å². The Morgan fingerprint density at radius 1 is 0.758 bits per heavy atom. The summed E-state index contributed by atoms with van der Waals surface area (Å²) in [5.74, 6) is 2.52. The normalized spacial score (nSPS) is 14.5. The number of aromatic nitrogens is 2. The highest BCUT2D eigenvalue weighted by Crippen LogP contribution is 2.27. The zero-order valence-corrected chi connectivity index (χ0v) is 21.1. The molecule has 1 saturated carbocycles. The molecule has 1 aliphatic rings. The third-order valence-electron chi connectivity index (χ3n) is 7.16. The van der Waals surface area contributed by atoms with Gasteiger partial charge in [-0.15, -0.1) is 0 Å². The minimum absolute atomic E-state index is 0.767. The number of nitrogens with zero attached hydrogens (tertiary/aromatic N) is 2. The van der Waals surface area contributed by atoms with E-state index < -0.39 is 0 Å². The molecule has 1 aromatic carbocycles. The van der Waals surface area contributed by atoms with Gasteiger partial charge in [0.2, 0.25) is 0 Å². The predicted molar refractivity (Wildman–Crippen MR) is 140 cm³/mol. The Bertz CT molecular complexity index is 735. The molecule has 0 bridgehead atoms. The zero-order chi connectivity index (χ0) is 23.0. The molecule has 1 aliphatic carbocycles. The number of hydrogen-bond donors (Lipinski definition) is 0. The number of ether oxygens (including phenoxy) is 1. The van der Waals surface area contributed by atoms with Crippen molar-refractivity contribution in [3.05, 3.63) is 42.2 Å². The molecule has 0 radical (unpaired) electrons. The number of aryl methyl sites for hydroxylation is 1. The monoisotopic (exact) mass is 450 g/mol. The molecule has 3 rings (SSSR count). The van der Waals surface area contributed by atoms with Crippen molar-refractivity contribution in [2.75, 3.05) is 6.61 Å². The van der Waals surface area contributed by atoms with Crippen LogP contribution in [-0.2, 0) is 6.42 Å². The molecule has 1 fully saturated rings. The highest BCUT2D eigenvalue weighted by molar-refractivity contribution is 5.55. The molecule has 0 N–H and O–H groups in total. The molecule has 0 unspecified atom stereocenters. The van der Waals surface area contributed by atoms with Crippen LogP contribution in [-0.4, -0.2) is 16.6 Å². The maximum absolute atomic E-state index is 5.87. The predicted octanol–water partition coefficient (Wildman–Crippen LogP) is 8.96. The molecule has 0 atom stereocenters. The van der Waals surface area contributed by atoms with Crippen molar-refractivity contribution in [3.8, 4) is 17.1 Å². The summed E-state index contributed by atoms with van der Waals surface area (Å²) in [6.07, 6.45) is 26.7. The largest absolute Gasteiger partial charge is 0.490 e. The van der Waals surface area contributed by atoms with Crippen molar-refractivity contribution in [2.24, 2.45) is 5.92 Å². The van der Waals surface area contributed by atoms with E-state index in [4.69, 9.17) is 4.74 Å². The summed E-state index contributed by atoms with van der Waals surface area (Å²) in [6, 6.07) is 8.77. The van der Waals surface area contributed by atoms with Crippen LogP contribution in [0.2, 0.25) is 0 Å². The van der Waals surface area contributed by atoms with Crippen LogP contribution in [0.4, 0.5) is 0 Å². The van der Waals surface area contributed by atoms with Gasteiger partial charge < -0.3 is 4.74 Å². The lowest BCUT2D eigenvalue weighted by molar-refractivity contribution is 0.282. The van der Waals surface area contributed by atoms with Gasteiger partial charge in [0.05, 0.1) is 19.0 Å². The lowest BCUT2D eigenvalue weighted by atomic mass is 9.86. The van der Waals surface area contributed by atoms with Crippen molar-refractivity contribution < 1.29 is 4.74 Å². The third-order valence-corrected chi connectivity index (χ3v) is 7.16. The Balaban J connectivity index is 1.29. The lowest BCUT2D eigenvalue weighted by Crippen LogP contribution is -2.07. The highest BCUT2D eigenvalue weighted by Gasteiger charge is 2.12. The van der Waals surface area contributed by atoms with E-state index in [0.29, 0.717) is 0 Å². The Kier molecular flexibility index (Phi) is 12.4. The van der Waals surface area contributed by atoms with Crippen molar-refractivity contribution >= 4 is 0 Å². The number of hydrogen-bond acceptors (Lipinski definition) is 3. The molecule has 0 amide bonds. The molecule has 2 aromatic rings. The van der Waals surface area contributed by atoms with Gasteiger partial charge in [0.25, 0.3) is 0 Å². The number of unbranched alkanes of at least 4 members (excludes halogenated alkanes) is 8. The van der Waals surface area contributed by atoms with Crippen molar-refractivity contribution in [1.29, 1.82) is 0 Å². The van der Waals surface area contributed by atoms with Crippen LogP contribution < -0.4 is 4.74 Å². The van der Waals surface area contributed by atoms with Gasteiger partial charge in [-0.25, -0.2) is 9.97 Å². The Morgan fingerprint density at radius 3 is 2.12 bits per heavy atom.